The molecule has 0 unspecified atom stereocenters. The zero-order valence-electron chi connectivity index (χ0n) is 6.85. The molecule has 11 heavy (non-hydrogen) atoms. The number of carbonyl (C=O) groups excluding carboxylic acids is 1. The molecular weight excluding hydrogens is 142 g/mol. The van der Waals surface area contributed by atoms with E-state index in [1.54, 1.807) is 0 Å². The monoisotopic (exact) mass is 155 g/mol. The number of hydrogen-bond acceptors (Lipinski definition) is 3. The topological polar surface area (TPSA) is 78.9 Å². The van der Waals surface area contributed by atoms with Gasteiger partial charge in [-0.05, 0) is 13.8 Å². The number of primary amides is 1. The molecule has 0 aliphatic rings. The van der Waals surface area contributed by atoms with Crippen LogP contribution in [0.3, 0.4) is 0 Å². The maximum Gasteiger partial charge on any atom is 0.219 e. The van der Waals surface area contributed by atoms with Crippen molar-refractivity contribution in [2.45, 2.75) is 25.8 Å². The van der Waals surface area contributed by atoms with E-state index < -0.39 is 0 Å². The summed E-state index contributed by atoms with van der Waals surface area (Å²) in [5.74, 6) is -0.361. The van der Waals surface area contributed by atoms with Gasteiger partial charge in [0.05, 0.1) is 12.6 Å². The molecule has 62 valence electrons. The van der Waals surface area contributed by atoms with Gasteiger partial charge in [-0.2, -0.15) is 5.26 Å². The second kappa shape index (κ2) is 3.94. The van der Waals surface area contributed by atoms with Crippen LogP contribution in [-0.4, -0.2) is 18.0 Å². The molecule has 4 heteroatoms. The van der Waals surface area contributed by atoms with Crippen molar-refractivity contribution in [3.05, 3.63) is 0 Å². The lowest BCUT2D eigenvalue weighted by Crippen LogP contribution is -2.42. The van der Waals surface area contributed by atoms with Gasteiger partial charge in [0, 0.05) is 12.0 Å². The molecule has 0 aromatic rings. The summed E-state index contributed by atoms with van der Waals surface area (Å²) in [7, 11) is 0. The van der Waals surface area contributed by atoms with Crippen LogP contribution in [0.1, 0.15) is 20.3 Å². The number of rotatable bonds is 4. The maximum atomic E-state index is 10.5. The third-order valence-corrected chi connectivity index (χ3v) is 1.26. The molecule has 4 nitrogen and oxygen atoms in total. The van der Waals surface area contributed by atoms with Gasteiger partial charge in [-0.25, -0.2) is 0 Å². The smallest absolute Gasteiger partial charge is 0.219 e. The number of carbonyl (C=O) groups is 1. The lowest BCUT2D eigenvalue weighted by atomic mass is 10.0. The van der Waals surface area contributed by atoms with Gasteiger partial charge in [-0.3, -0.25) is 10.1 Å². The Labute approximate surface area is 66.4 Å². The molecule has 0 aromatic heterocycles. The normalized spacial score (nSPS) is 10.6. The van der Waals surface area contributed by atoms with Crippen LogP contribution >= 0.6 is 0 Å². The first-order chi connectivity index (χ1) is 4.98. The molecule has 0 aromatic carbocycles. The van der Waals surface area contributed by atoms with Gasteiger partial charge < -0.3 is 5.73 Å². The highest BCUT2D eigenvalue weighted by Gasteiger charge is 2.18. The summed E-state index contributed by atoms with van der Waals surface area (Å²) in [6.45, 7) is 3.89. The molecule has 0 radical (unpaired) electrons. The van der Waals surface area contributed by atoms with Gasteiger partial charge in [0.25, 0.3) is 0 Å². The van der Waals surface area contributed by atoms with Crippen LogP contribution in [0.25, 0.3) is 0 Å². The zero-order chi connectivity index (χ0) is 8.91. The summed E-state index contributed by atoms with van der Waals surface area (Å²) >= 11 is 0. The van der Waals surface area contributed by atoms with E-state index in [9.17, 15) is 4.79 Å². The second-order valence-electron chi connectivity index (χ2n) is 3.04. The van der Waals surface area contributed by atoms with Crippen LogP contribution in [0.4, 0.5) is 0 Å². The van der Waals surface area contributed by atoms with Crippen molar-refractivity contribution in [1.29, 1.82) is 5.26 Å². The Bertz CT molecular complexity index is 181. The SMILES string of the molecule is CC(C)(CC(N)=O)NCC#N. The highest BCUT2D eigenvalue weighted by atomic mass is 16.1. The molecule has 0 saturated heterocycles. The van der Waals surface area contributed by atoms with E-state index >= 15 is 0 Å². The summed E-state index contributed by atoms with van der Waals surface area (Å²) < 4.78 is 0. The Morgan fingerprint density at radius 2 is 2.27 bits per heavy atom. The Balaban J connectivity index is 3.81. The molecule has 0 heterocycles. The van der Waals surface area contributed by atoms with Crippen LogP contribution in [-0.2, 0) is 4.79 Å². The summed E-state index contributed by atoms with van der Waals surface area (Å²) in [6.07, 6.45) is 0.245. The van der Waals surface area contributed by atoms with Crippen LogP contribution in [0, 0.1) is 11.3 Å². The first-order valence-corrected chi connectivity index (χ1v) is 3.38. The van der Waals surface area contributed by atoms with E-state index in [4.69, 9.17) is 11.0 Å². The quantitative estimate of drug-likeness (QED) is 0.549. The van der Waals surface area contributed by atoms with E-state index in [2.05, 4.69) is 5.32 Å². The second-order valence-corrected chi connectivity index (χ2v) is 3.04. The van der Waals surface area contributed by atoms with Crippen LogP contribution < -0.4 is 11.1 Å². The predicted octanol–water partition coefficient (Wildman–Crippen LogP) is -0.246. The van der Waals surface area contributed by atoms with Gasteiger partial charge >= 0.3 is 0 Å². The minimum atomic E-state index is -0.373. The third-order valence-electron chi connectivity index (χ3n) is 1.26. The average molecular weight is 155 g/mol. The van der Waals surface area contributed by atoms with Crippen LogP contribution in [0.15, 0.2) is 0 Å². The number of nitriles is 1. The summed E-state index contributed by atoms with van der Waals surface area (Å²) in [6, 6.07) is 1.93. The molecular formula is C7H13N3O. The van der Waals surface area contributed by atoms with E-state index in [1.807, 2.05) is 19.9 Å². The molecule has 0 aliphatic heterocycles. The minimum absolute atomic E-state index is 0.236. The Hall–Kier alpha value is -1.08. The average Bonchev–Trinajstić information content (AvgIpc) is 1.81. The van der Waals surface area contributed by atoms with Crippen molar-refractivity contribution in [3.8, 4) is 6.07 Å². The number of amides is 1. The van der Waals surface area contributed by atoms with E-state index in [0.29, 0.717) is 0 Å². The molecule has 0 spiro atoms. The fourth-order valence-electron chi connectivity index (χ4n) is 0.777. The summed E-state index contributed by atoms with van der Waals surface area (Å²) in [5.41, 5.74) is 4.62. The summed E-state index contributed by atoms with van der Waals surface area (Å²) in [5, 5.41) is 11.1. The fraction of sp³-hybridized carbons (Fsp3) is 0.714. The van der Waals surface area contributed by atoms with Crippen LogP contribution in [0.5, 0.6) is 0 Å². The molecule has 0 rings (SSSR count). The highest BCUT2D eigenvalue weighted by molar-refractivity contribution is 5.74. The van der Waals surface area contributed by atoms with Crippen molar-refractivity contribution < 1.29 is 4.79 Å². The van der Waals surface area contributed by atoms with E-state index in [1.165, 1.54) is 0 Å². The first-order valence-electron chi connectivity index (χ1n) is 3.38. The number of hydrogen-bond donors (Lipinski definition) is 2. The largest absolute Gasteiger partial charge is 0.370 e. The summed E-state index contributed by atoms with van der Waals surface area (Å²) in [4.78, 5) is 10.5. The van der Waals surface area contributed by atoms with Crippen molar-refractivity contribution in [2.75, 3.05) is 6.54 Å². The highest BCUT2D eigenvalue weighted by Crippen LogP contribution is 2.05. The molecule has 0 aliphatic carbocycles. The Kier molecular flexibility index (Phi) is 3.55. The number of nitrogens with zero attached hydrogens (tertiary/aromatic N) is 1. The van der Waals surface area contributed by atoms with Gasteiger partial charge in [-0.1, -0.05) is 0 Å². The molecule has 0 atom stereocenters. The molecule has 0 fully saturated rings. The molecule has 0 saturated carbocycles. The van der Waals surface area contributed by atoms with E-state index in [-0.39, 0.29) is 24.4 Å². The molecule has 0 bridgehead atoms. The Morgan fingerprint density at radius 1 is 1.73 bits per heavy atom. The van der Waals surface area contributed by atoms with Gasteiger partial charge in [0.1, 0.15) is 0 Å². The lowest BCUT2D eigenvalue weighted by molar-refractivity contribution is -0.119. The van der Waals surface area contributed by atoms with Crippen LogP contribution in [0.2, 0.25) is 0 Å². The van der Waals surface area contributed by atoms with Gasteiger partial charge in [-0.15, -0.1) is 0 Å². The zero-order valence-corrected chi connectivity index (χ0v) is 6.85. The lowest BCUT2D eigenvalue weighted by Gasteiger charge is -2.22. The third kappa shape index (κ3) is 5.37. The molecule has 1 amide bonds. The fourth-order valence-corrected chi connectivity index (χ4v) is 0.777. The number of nitrogens with one attached hydrogen (secondary N) is 1. The van der Waals surface area contributed by atoms with Crippen molar-refractivity contribution in [2.24, 2.45) is 5.73 Å². The standard InChI is InChI=1S/C7H13N3O/c1-7(2,5-6(9)11)10-4-3-8/h10H,4-5H2,1-2H3,(H2,9,11). The maximum absolute atomic E-state index is 10.5. The predicted molar refractivity (Wildman–Crippen MR) is 41.5 cm³/mol. The van der Waals surface area contributed by atoms with Gasteiger partial charge in [0.15, 0.2) is 0 Å². The van der Waals surface area contributed by atoms with Crippen molar-refractivity contribution in [1.82, 2.24) is 5.32 Å². The molecule has 3 N–H and O–H groups in total. The first kappa shape index (κ1) is 9.92. The number of nitrogens with two attached hydrogens (primary N) is 1. The minimum Gasteiger partial charge on any atom is -0.370 e. The Morgan fingerprint density at radius 3 is 2.64 bits per heavy atom. The van der Waals surface area contributed by atoms with Crippen molar-refractivity contribution in [3.63, 3.8) is 0 Å². The van der Waals surface area contributed by atoms with Crippen molar-refractivity contribution >= 4 is 5.91 Å². The van der Waals surface area contributed by atoms with E-state index in [0.717, 1.165) is 0 Å². The van der Waals surface area contributed by atoms with Gasteiger partial charge in [0.2, 0.25) is 5.91 Å².